The van der Waals surface area contributed by atoms with Crippen molar-refractivity contribution in [2.45, 2.75) is 6.10 Å². The van der Waals surface area contributed by atoms with Gasteiger partial charge in [0.25, 0.3) is 11.6 Å². The molecule has 0 saturated carbocycles. The van der Waals surface area contributed by atoms with Gasteiger partial charge in [-0.25, -0.2) is 0 Å². The maximum Gasteiger partial charge on any atom is 0.269 e. The summed E-state index contributed by atoms with van der Waals surface area (Å²) in [5.74, 6) is -0.697. The minimum Gasteiger partial charge on any atom is -0.378 e. The van der Waals surface area contributed by atoms with Gasteiger partial charge in [-0.05, 0) is 17.2 Å². The second-order valence-electron chi connectivity index (χ2n) is 5.57. The van der Waals surface area contributed by atoms with E-state index in [1.54, 1.807) is 12.3 Å². The molecular formula is C19H15N3O4. The molecule has 0 bridgehead atoms. The van der Waals surface area contributed by atoms with Gasteiger partial charge >= 0.3 is 0 Å². The van der Waals surface area contributed by atoms with E-state index in [4.69, 9.17) is 0 Å². The normalized spacial score (nSPS) is 11.6. The van der Waals surface area contributed by atoms with Gasteiger partial charge in [-0.2, -0.15) is 0 Å². The summed E-state index contributed by atoms with van der Waals surface area (Å²) in [6, 6.07) is 16.6. The summed E-state index contributed by atoms with van der Waals surface area (Å²) < 4.78 is 0. The molecule has 0 radical (unpaired) electrons. The molecule has 0 saturated heterocycles. The molecule has 3 rings (SSSR count). The second-order valence-corrected chi connectivity index (χ2v) is 5.57. The maximum absolute atomic E-state index is 12.3. The van der Waals surface area contributed by atoms with Crippen molar-refractivity contribution in [2.24, 2.45) is 0 Å². The number of carbonyl (C=O) groups is 1. The van der Waals surface area contributed by atoms with Gasteiger partial charge in [0.15, 0.2) is 6.10 Å². The van der Waals surface area contributed by atoms with E-state index in [9.17, 15) is 20.0 Å². The predicted octanol–water partition coefficient (Wildman–Crippen LogP) is 3.33. The number of anilines is 1. The third-order valence-corrected chi connectivity index (χ3v) is 3.76. The van der Waals surface area contributed by atoms with Crippen LogP contribution in [0.5, 0.6) is 0 Å². The Morgan fingerprint density at radius 2 is 1.81 bits per heavy atom. The molecule has 1 aromatic heterocycles. The lowest BCUT2D eigenvalue weighted by atomic mass is 10.1. The molecule has 7 nitrogen and oxygen atoms in total. The highest BCUT2D eigenvalue weighted by Crippen LogP contribution is 2.23. The Morgan fingerprint density at radius 3 is 2.54 bits per heavy atom. The van der Waals surface area contributed by atoms with E-state index in [1.807, 2.05) is 30.3 Å². The first-order valence-electron chi connectivity index (χ1n) is 7.78. The highest BCUT2D eigenvalue weighted by Gasteiger charge is 2.20. The number of benzene rings is 2. The molecule has 0 aliphatic heterocycles. The van der Waals surface area contributed by atoms with Crippen molar-refractivity contribution in [3.8, 4) is 11.1 Å². The summed E-state index contributed by atoms with van der Waals surface area (Å²) in [7, 11) is 0. The number of amides is 1. The molecule has 0 aliphatic rings. The van der Waals surface area contributed by atoms with Crippen LogP contribution in [0.1, 0.15) is 11.7 Å². The minimum absolute atomic E-state index is 0.142. The fourth-order valence-corrected chi connectivity index (χ4v) is 2.47. The van der Waals surface area contributed by atoms with Crippen LogP contribution >= 0.6 is 0 Å². The first-order chi connectivity index (χ1) is 12.5. The van der Waals surface area contributed by atoms with Crippen LogP contribution in [0.2, 0.25) is 0 Å². The number of aliphatic hydroxyl groups excluding tert-OH is 1. The lowest BCUT2D eigenvalue weighted by molar-refractivity contribution is -0.385. The number of hydrogen-bond donors (Lipinski definition) is 2. The van der Waals surface area contributed by atoms with Crippen LogP contribution in [0.3, 0.4) is 0 Å². The SMILES string of the molecule is O=C(Nc1cncc(-c2ccccc2)c1)C(O)c1cccc([N+](=O)[O-])c1. The standard InChI is InChI=1S/C19H15N3O4/c23-18(14-7-4-8-17(10-14)22(25)26)19(24)21-16-9-15(11-20-12-16)13-5-2-1-3-6-13/h1-12,18,23H,(H,21,24). The number of nitrogens with one attached hydrogen (secondary N) is 1. The van der Waals surface area contributed by atoms with Gasteiger partial charge in [0.05, 0.1) is 16.8 Å². The van der Waals surface area contributed by atoms with Gasteiger partial charge in [0.1, 0.15) is 0 Å². The summed E-state index contributed by atoms with van der Waals surface area (Å²) in [5.41, 5.74) is 2.12. The quantitative estimate of drug-likeness (QED) is 0.543. The summed E-state index contributed by atoms with van der Waals surface area (Å²) in [6.07, 6.45) is 1.60. The Balaban J connectivity index is 1.78. The summed E-state index contributed by atoms with van der Waals surface area (Å²) >= 11 is 0. The van der Waals surface area contributed by atoms with Crippen molar-refractivity contribution in [2.75, 3.05) is 5.32 Å². The fourth-order valence-electron chi connectivity index (χ4n) is 2.47. The zero-order valence-electron chi connectivity index (χ0n) is 13.6. The van der Waals surface area contributed by atoms with Crippen molar-refractivity contribution in [1.29, 1.82) is 0 Å². The van der Waals surface area contributed by atoms with Crippen molar-refractivity contribution >= 4 is 17.3 Å². The number of aromatic nitrogens is 1. The Morgan fingerprint density at radius 1 is 1.04 bits per heavy atom. The van der Waals surface area contributed by atoms with Gasteiger partial charge in [-0.1, -0.05) is 42.5 Å². The molecule has 0 fully saturated rings. The molecule has 2 aromatic carbocycles. The Hall–Kier alpha value is -3.58. The van der Waals surface area contributed by atoms with Crippen molar-refractivity contribution < 1.29 is 14.8 Å². The first-order valence-corrected chi connectivity index (χ1v) is 7.78. The van der Waals surface area contributed by atoms with Crippen molar-refractivity contribution in [1.82, 2.24) is 4.98 Å². The molecule has 2 N–H and O–H groups in total. The van der Waals surface area contributed by atoms with Gasteiger partial charge < -0.3 is 10.4 Å². The summed E-state index contributed by atoms with van der Waals surface area (Å²) in [4.78, 5) is 26.6. The average Bonchev–Trinajstić information content (AvgIpc) is 2.68. The van der Waals surface area contributed by atoms with E-state index < -0.39 is 16.9 Å². The molecule has 1 unspecified atom stereocenters. The fraction of sp³-hybridized carbons (Fsp3) is 0.0526. The highest BCUT2D eigenvalue weighted by atomic mass is 16.6. The molecule has 0 aliphatic carbocycles. The largest absolute Gasteiger partial charge is 0.378 e. The molecule has 1 amide bonds. The Bertz CT molecular complexity index is 944. The minimum atomic E-state index is -1.53. The Labute approximate surface area is 149 Å². The Kier molecular flexibility index (Phi) is 5.00. The number of nitro groups is 1. The van der Waals surface area contributed by atoms with Crippen LogP contribution < -0.4 is 5.32 Å². The number of pyridine rings is 1. The number of rotatable bonds is 5. The smallest absolute Gasteiger partial charge is 0.269 e. The van der Waals surface area contributed by atoms with Crippen LogP contribution in [0.15, 0.2) is 73.1 Å². The highest BCUT2D eigenvalue weighted by molar-refractivity contribution is 5.95. The predicted molar refractivity (Wildman–Crippen MR) is 96.4 cm³/mol. The van der Waals surface area contributed by atoms with E-state index in [1.165, 1.54) is 30.5 Å². The lowest BCUT2D eigenvalue weighted by Crippen LogP contribution is -2.21. The van der Waals surface area contributed by atoms with E-state index >= 15 is 0 Å². The van der Waals surface area contributed by atoms with Crippen LogP contribution in [0.25, 0.3) is 11.1 Å². The summed E-state index contributed by atoms with van der Waals surface area (Å²) in [6.45, 7) is 0. The van der Waals surface area contributed by atoms with Gasteiger partial charge in [-0.3, -0.25) is 19.9 Å². The maximum atomic E-state index is 12.3. The number of aliphatic hydroxyl groups is 1. The number of carbonyl (C=O) groups excluding carboxylic acids is 1. The second kappa shape index (κ2) is 7.54. The molecule has 3 aromatic rings. The van der Waals surface area contributed by atoms with Crippen LogP contribution in [0, 0.1) is 10.1 Å². The third kappa shape index (κ3) is 3.90. The van der Waals surface area contributed by atoms with E-state index in [-0.39, 0.29) is 11.3 Å². The molecular weight excluding hydrogens is 334 g/mol. The van der Waals surface area contributed by atoms with Crippen LogP contribution in [0.4, 0.5) is 11.4 Å². The first kappa shape index (κ1) is 17.2. The number of hydrogen-bond acceptors (Lipinski definition) is 5. The van der Waals surface area contributed by atoms with Gasteiger partial charge in [0.2, 0.25) is 0 Å². The van der Waals surface area contributed by atoms with E-state index in [2.05, 4.69) is 10.3 Å². The van der Waals surface area contributed by atoms with Crippen LogP contribution in [-0.4, -0.2) is 20.9 Å². The van der Waals surface area contributed by atoms with E-state index in [0.717, 1.165) is 11.1 Å². The molecule has 7 heteroatoms. The zero-order valence-corrected chi connectivity index (χ0v) is 13.6. The zero-order chi connectivity index (χ0) is 18.5. The van der Waals surface area contributed by atoms with Crippen LogP contribution in [-0.2, 0) is 4.79 Å². The molecule has 1 heterocycles. The van der Waals surface area contributed by atoms with E-state index in [0.29, 0.717) is 5.69 Å². The summed E-state index contributed by atoms with van der Waals surface area (Å²) in [5, 5.41) is 23.6. The molecule has 0 spiro atoms. The number of non-ortho nitro benzene ring substituents is 1. The third-order valence-electron chi connectivity index (χ3n) is 3.76. The number of nitro benzene ring substituents is 1. The van der Waals surface area contributed by atoms with Crippen molar-refractivity contribution in [3.63, 3.8) is 0 Å². The topological polar surface area (TPSA) is 105 Å². The average molecular weight is 349 g/mol. The molecule has 26 heavy (non-hydrogen) atoms. The van der Waals surface area contributed by atoms with Gasteiger partial charge in [-0.15, -0.1) is 0 Å². The van der Waals surface area contributed by atoms with Crippen molar-refractivity contribution in [3.05, 3.63) is 88.7 Å². The molecule has 130 valence electrons. The number of nitrogens with zero attached hydrogens (tertiary/aromatic N) is 2. The lowest BCUT2D eigenvalue weighted by Gasteiger charge is -2.12. The molecule has 1 atom stereocenters. The monoisotopic (exact) mass is 349 g/mol. The van der Waals surface area contributed by atoms with Gasteiger partial charge in [0, 0.05) is 23.9 Å².